The van der Waals surface area contributed by atoms with Gasteiger partial charge >= 0.3 is 0 Å². The van der Waals surface area contributed by atoms with Gasteiger partial charge in [-0.3, -0.25) is 4.79 Å². The normalized spacial score (nSPS) is 14.4. The van der Waals surface area contributed by atoms with Crippen LogP contribution in [0.15, 0.2) is 23.8 Å². The highest BCUT2D eigenvalue weighted by atomic mass is 35.5. The SMILES string of the molecule is CC(C=CCC(C)CCCCC(C)C)=CC(=O)Cl. The first-order valence-corrected chi connectivity index (χ1v) is 7.34. The lowest BCUT2D eigenvalue weighted by atomic mass is 9.97. The fourth-order valence-corrected chi connectivity index (χ4v) is 2.05. The van der Waals surface area contributed by atoms with Crippen molar-refractivity contribution in [2.45, 2.75) is 59.8 Å². The van der Waals surface area contributed by atoms with Crippen molar-refractivity contribution in [3.8, 4) is 0 Å². The summed E-state index contributed by atoms with van der Waals surface area (Å²) in [7, 11) is 0. The van der Waals surface area contributed by atoms with Crippen LogP contribution in [0.2, 0.25) is 0 Å². The van der Waals surface area contributed by atoms with E-state index in [-0.39, 0.29) is 0 Å². The standard InChI is InChI=1S/C16H27ClO/c1-13(2)8-5-6-9-14(3)10-7-11-15(4)12-16(17)18/h7,11-14H,5-6,8-10H2,1-4H3. The van der Waals surface area contributed by atoms with E-state index in [1.807, 2.05) is 13.0 Å². The maximum absolute atomic E-state index is 10.6. The summed E-state index contributed by atoms with van der Waals surface area (Å²) >= 11 is 5.27. The van der Waals surface area contributed by atoms with Gasteiger partial charge in [-0.15, -0.1) is 0 Å². The van der Waals surface area contributed by atoms with E-state index >= 15 is 0 Å². The van der Waals surface area contributed by atoms with Crippen LogP contribution in [-0.2, 0) is 4.79 Å². The van der Waals surface area contributed by atoms with Crippen LogP contribution in [0, 0.1) is 11.8 Å². The van der Waals surface area contributed by atoms with Crippen LogP contribution in [0.1, 0.15) is 59.8 Å². The van der Waals surface area contributed by atoms with Gasteiger partial charge in [-0.2, -0.15) is 0 Å². The van der Waals surface area contributed by atoms with Gasteiger partial charge in [0.05, 0.1) is 0 Å². The molecule has 104 valence electrons. The number of allylic oxidation sites excluding steroid dienone is 4. The lowest BCUT2D eigenvalue weighted by molar-refractivity contribution is -0.107. The van der Waals surface area contributed by atoms with Crippen molar-refractivity contribution in [2.75, 3.05) is 0 Å². The average Bonchev–Trinajstić information content (AvgIpc) is 2.23. The molecule has 0 rings (SSSR count). The summed E-state index contributed by atoms with van der Waals surface area (Å²) in [5.74, 6) is 1.54. The number of carbonyl (C=O) groups is 1. The minimum absolute atomic E-state index is 0.404. The molecule has 0 aliphatic rings. The minimum atomic E-state index is -0.404. The summed E-state index contributed by atoms with van der Waals surface area (Å²) in [5.41, 5.74) is 0.919. The van der Waals surface area contributed by atoms with E-state index in [9.17, 15) is 4.79 Å². The summed E-state index contributed by atoms with van der Waals surface area (Å²) in [5, 5.41) is -0.404. The maximum atomic E-state index is 10.6. The zero-order valence-corrected chi connectivity index (χ0v) is 13.0. The first-order valence-electron chi connectivity index (χ1n) is 6.96. The highest BCUT2D eigenvalue weighted by molar-refractivity contribution is 6.66. The Morgan fingerprint density at radius 1 is 1.17 bits per heavy atom. The molecular formula is C16H27ClO. The van der Waals surface area contributed by atoms with Gasteiger partial charge in [0.25, 0.3) is 0 Å². The molecule has 0 aliphatic heterocycles. The van der Waals surface area contributed by atoms with Crippen molar-refractivity contribution in [1.29, 1.82) is 0 Å². The van der Waals surface area contributed by atoms with Crippen molar-refractivity contribution < 1.29 is 4.79 Å². The number of rotatable bonds is 9. The predicted molar refractivity (Wildman–Crippen MR) is 80.8 cm³/mol. The number of hydrogen-bond acceptors (Lipinski definition) is 1. The molecule has 0 saturated heterocycles. The molecule has 0 aliphatic carbocycles. The Morgan fingerprint density at radius 3 is 2.33 bits per heavy atom. The molecule has 0 saturated carbocycles. The van der Waals surface area contributed by atoms with E-state index < -0.39 is 5.24 Å². The topological polar surface area (TPSA) is 17.1 Å². The number of hydrogen-bond donors (Lipinski definition) is 0. The summed E-state index contributed by atoms with van der Waals surface area (Å²) in [4.78, 5) is 10.6. The van der Waals surface area contributed by atoms with E-state index in [0.29, 0.717) is 5.92 Å². The smallest absolute Gasteiger partial charge is 0.245 e. The van der Waals surface area contributed by atoms with Crippen LogP contribution in [0.5, 0.6) is 0 Å². The number of halogens is 1. The number of unbranched alkanes of at least 4 members (excludes halogenated alkanes) is 1. The summed E-state index contributed by atoms with van der Waals surface area (Å²) in [6.45, 7) is 8.73. The first kappa shape index (κ1) is 17.4. The second-order valence-corrected chi connectivity index (χ2v) is 5.99. The maximum Gasteiger partial charge on any atom is 0.245 e. The first-order chi connectivity index (χ1) is 8.41. The summed E-state index contributed by atoms with van der Waals surface area (Å²) in [6.07, 6.45) is 11.9. The van der Waals surface area contributed by atoms with Gasteiger partial charge in [0.1, 0.15) is 0 Å². The van der Waals surface area contributed by atoms with Gasteiger partial charge in [-0.05, 0) is 42.4 Å². The molecule has 1 nitrogen and oxygen atoms in total. The molecule has 0 aromatic heterocycles. The second-order valence-electron chi connectivity index (χ2n) is 5.61. The molecule has 0 bridgehead atoms. The van der Waals surface area contributed by atoms with E-state index in [2.05, 4.69) is 26.8 Å². The Morgan fingerprint density at radius 2 is 1.78 bits per heavy atom. The van der Waals surface area contributed by atoms with Gasteiger partial charge in [0.15, 0.2) is 0 Å². The lowest BCUT2D eigenvalue weighted by Gasteiger charge is -2.09. The summed E-state index contributed by atoms with van der Waals surface area (Å²) < 4.78 is 0. The molecule has 2 heteroatoms. The zero-order valence-electron chi connectivity index (χ0n) is 12.2. The molecule has 0 fully saturated rings. The van der Waals surface area contributed by atoms with Crippen LogP contribution in [0.25, 0.3) is 0 Å². The Bertz CT molecular complexity index is 289. The van der Waals surface area contributed by atoms with Crippen molar-refractivity contribution in [3.05, 3.63) is 23.8 Å². The largest absolute Gasteiger partial charge is 0.276 e. The van der Waals surface area contributed by atoms with Crippen molar-refractivity contribution in [2.24, 2.45) is 11.8 Å². The molecule has 0 aromatic carbocycles. The third-order valence-electron chi connectivity index (χ3n) is 2.99. The fourth-order valence-electron chi connectivity index (χ4n) is 1.88. The van der Waals surface area contributed by atoms with Gasteiger partial charge in [0.2, 0.25) is 5.24 Å². The van der Waals surface area contributed by atoms with E-state index in [0.717, 1.165) is 17.9 Å². The molecule has 1 atom stereocenters. The zero-order chi connectivity index (χ0) is 14.0. The van der Waals surface area contributed by atoms with E-state index in [1.54, 1.807) is 0 Å². The molecule has 0 spiro atoms. The molecule has 0 heterocycles. The van der Waals surface area contributed by atoms with Crippen molar-refractivity contribution >= 4 is 16.8 Å². The Labute approximate surface area is 117 Å². The number of carbonyl (C=O) groups excluding carboxylic acids is 1. The molecule has 0 N–H and O–H groups in total. The Kier molecular flexibility index (Phi) is 10.0. The highest BCUT2D eigenvalue weighted by Gasteiger charge is 2.00. The monoisotopic (exact) mass is 270 g/mol. The molecule has 0 aromatic rings. The second kappa shape index (κ2) is 10.4. The van der Waals surface area contributed by atoms with Crippen LogP contribution in [0.4, 0.5) is 0 Å². The minimum Gasteiger partial charge on any atom is -0.276 e. The van der Waals surface area contributed by atoms with E-state index in [4.69, 9.17) is 11.6 Å². The highest BCUT2D eigenvalue weighted by Crippen LogP contribution is 2.16. The molecule has 18 heavy (non-hydrogen) atoms. The average molecular weight is 271 g/mol. The third-order valence-corrected chi connectivity index (χ3v) is 3.10. The quantitative estimate of drug-likeness (QED) is 0.234. The molecule has 1 unspecified atom stereocenters. The van der Waals surface area contributed by atoms with Gasteiger partial charge in [-0.25, -0.2) is 0 Å². The Balaban J connectivity index is 3.73. The van der Waals surface area contributed by atoms with Gasteiger partial charge in [0, 0.05) is 6.08 Å². The van der Waals surface area contributed by atoms with Crippen LogP contribution < -0.4 is 0 Å². The van der Waals surface area contributed by atoms with Crippen LogP contribution >= 0.6 is 11.6 Å². The molecule has 0 amide bonds. The van der Waals surface area contributed by atoms with E-state index in [1.165, 1.54) is 31.8 Å². The third kappa shape index (κ3) is 11.9. The van der Waals surface area contributed by atoms with Crippen LogP contribution in [0.3, 0.4) is 0 Å². The fraction of sp³-hybridized carbons (Fsp3) is 0.688. The van der Waals surface area contributed by atoms with Crippen molar-refractivity contribution in [3.63, 3.8) is 0 Å². The Hall–Kier alpha value is -0.560. The van der Waals surface area contributed by atoms with Crippen molar-refractivity contribution in [1.82, 2.24) is 0 Å². The summed E-state index contributed by atoms with van der Waals surface area (Å²) in [6, 6.07) is 0. The van der Waals surface area contributed by atoms with Gasteiger partial charge < -0.3 is 0 Å². The molecular weight excluding hydrogens is 244 g/mol. The van der Waals surface area contributed by atoms with Gasteiger partial charge in [-0.1, -0.05) is 58.6 Å². The predicted octanol–water partition coefficient (Wildman–Crippen LogP) is 5.50. The lowest BCUT2D eigenvalue weighted by Crippen LogP contribution is -1.94. The van der Waals surface area contributed by atoms with Crippen LogP contribution in [-0.4, -0.2) is 5.24 Å². The molecule has 0 radical (unpaired) electrons.